The molecule has 1 aliphatic heterocycles. The van der Waals surface area contributed by atoms with Crippen molar-refractivity contribution in [3.63, 3.8) is 0 Å². The van der Waals surface area contributed by atoms with E-state index >= 15 is 0 Å². The average Bonchev–Trinajstić information content (AvgIpc) is 2.88. The molecular formula is C31H30N2O. The fourth-order valence-electron chi connectivity index (χ4n) is 4.82. The van der Waals surface area contributed by atoms with E-state index in [1.807, 2.05) is 42.5 Å². The second-order valence-electron chi connectivity index (χ2n) is 9.10. The molecule has 34 heavy (non-hydrogen) atoms. The van der Waals surface area contributed by atoms with Crippen molar-refractivity contribution >= 4 is 5.91 Å². The second kappa shape index (κ2) is 10.1. The molecule has 4 aromatic rings. The quantitative estimate of drug-likeness (QED) is 0.390. The summed E-state index contributed by atoms with van der Waals surface area (Å²) in [5.41, 5.74) is 8.16. The zero-order valence-electron chi connectivity index (χ0n) is 19.6. The van der Waals surface area contributed by atoms with E-state index in [1.165, 1.54) is 16.7 Å². The first-order chi connectivity index (χ1) is 16.7. The monoisotopic (exact) mass is 446 g/mol. The Hall–Kier alpha value is -3.69. The van der Waals surface area contributed by atoms with Gasteiger partial charge in [0.1, 0.15) is 0 Å². The SMILES string of the molecule is Cc1ccccc1C(NC(=O)c1ccc(CN2CCc3ccccc3C2)cc1)c1ccccc1. The van der Waals surface area contributed by atoms with E-state index in [-0.39, 0.29) is 11.9 Å². The number of hydrogen-bond acceptors (Lipinski definition) is 2. The molecule has 0 spiro atoms. The van der Waals surface area contributed by atoms with Crippen LogP contribution in [0.1, 0.15) is 49.8 Å². The number of nitrogens with zero attached hydrogens (tertiary/aromatic N) is 1. The molecule has 1 unspecified atom stereocenters. The number of amides is 1. The Morgan fingerprint density at radius 1 is 0.824 bits per heavy atom. The van der Waals surface area contributed by atoms with Gasteiger partial charge in [0, 0.05) is 25.2 Å². The first-order valence-corrected chi connectivity index (χ1v) is 12.0. The smallest absolute Gasteiger partial charge is 0.252 e. The van der Waals surface area contributed by atoms with Gasteiger partial charge in [-0.1, -0.05) is 91.0 Å². The lowest BCUT2D eigenvalue weighted by molar-refractivity contribution is 0.0943. The maximum absolute atomic E-state index is 13.2. The van der Waals surface area contributed by atoms with E-state index in [0.717, 1.165) is 42.7 Å². The van der Waals surface area contributed by atoms with Gasteiger partial charge in [-0.2, -0.15) is 0 Å². The molecule has 1 aliphatic rings. The summed E-state index contributed by atoms with van der Waals surface area (Å²) in [6.45, 7) is 5.03. The molecule has 3 nitrogen and oxygen atoms in total. The molecular weight excluding hydrogens is 416 g/mol. The second-order valence-corrected chi connectivity index (χ2v) is 9.10. The Bertz CT molecular complexity index is 1260. The zero-order valence-corrected chi connectivity index (χ0v) is 19.6. The molecule has 0 aromatic heterocycles. The van der Waals surface area contributed by atoms with Crippen molar-refractivity contribution < 1.29 is 4.79 Å². The third-order valence-corrected chi connectivity index (χ3v) is 6.74. The molecule has 0 radical (unpaired) electrons. The van der Waals surface area contributed by atoms with Crippen LogP contribution in [0, 0.1) is 6.92 Å². The fraction of sp³-hybridized carbons (Fsp3) is 0.194. The largest absolute Gasteiger partial charge is 0.341 e. The van der Waals surface area contributed by atoms with Gasteiger partial charge >= 0.3 is 0 Å². The molecule has 1 N–H and O–H groups in total. The van der Waals surface area contributed by atoms with E-state index in [9.17, 15) is 4.79 Å². The van der Waals surface area contributed by atoms with Gasteiger partial charge in [0.15, 0.2) is 0 Å². The van der Waals surface area contributed by atoms with Crippen molar-refractivity contribution in [1.82, 2.24) is 10.2 Å². The van der Waals surface area contributed by atoms with Crippen LogP contribution >= 0.6 is 0 Å². The lowest BCUT2D eigenvalue weighted by Gasteiger charge is -2.28. The number of hydrogen-bond donors (Lipinski definition) is 1. The van der Waals surface area contributed by atoms with Crippen LogP contribution in [-0.4, -0.2) is 17.4 Å². The highest BCUT2D eigenvalue weighted by Gasteiger charge is 2.20. The highest BCUT2D eigenvalue weighted by atomic mass is 16.1. The Balaban J connectivity index is 1.29. The molecule has 1 heterocycles. The van der Waals surface area contributed by atoms with Crippen molar-refractivity contribution in [2.24, 2.45) is 0 Å². The van der Waals surface area contributed by atoms with Crippen LogP contribution in [0.3, 0.4) is 0 Å². The predicted octanol–water partition coefficient (Wildman–Crippen LogP) is 6.07. The van der Waals surface area contributed by atoms with Crippen LogP contribution in [0.2, 0.25) is 0 Å². The van der Waals surface area contributed by atoms with Crippen LogP contribution in [-0.2, 0) is 19.5 Å². The van der Waals surface area contributed by atoms with Gasteiger partial charge in [0.05, 0.1) is 6.04 Å². The molecule has 170 valence electrons. The molecule has 0 saturated heterocycles. The van der Waals surface area contributed by atoms with Gasteiger partial charge in [0.2, 0.25) is 0 Å². The summed E-state index contributed by atoms with van der Waals surface area (Å²) in [6.07, 6.45) is 1.09. The lowest BCUT2D eigenvalue weighted by atomic mass is 9.94. The maximum Gasteiger partial charge on any atom is 0.252 e. The summed E-state index contributed by atoms with van der Waals surface area (Å²) in [4.78, 5) is 15.7. The molecule has 0 fully saturated rings. The number of rotatable bonds is 6. The molecule has 0 saturated carbocycles. The predicted molar refractivity (Wildman–Crippen MR) is 138 cm³/mol. The molecule has 1 amide bonds. The fourth-order valence-corrected chi connectivity index (χ4v) is 4.82. The summed E-state index contributed by atoms with van der Waals surface area (Å²) in [5.74, 6) is -0.0597. The van der Waals surface area contributed by atoms with E-state index in [4.69, 9.17) is 0 Å². The highest BCUT2D eigenvalue weighted by molar-refractivity contribution is 5.94. The van der Waals surface area contributed by atoms with Gasteiger partial charge in [-0.3, -0.25) is 9.69 Å². The minimum absolute atomic E-state index is 0.0597. The summed E-state index contributed by atoms with van der Waals surface area (Å²) < 4.78 is 0. The third kappa shape index (κ3) is 4.95. The zero-order chi connectivity index (χ0) is 23.3. The number of nitrogens with one attached hydrogen (secondary N) is 1. The highest BCUT2D eigenvalue weighted by Crippen LogP contribution is 2.25. The number of aryl methyl sites for hydroxylation is 1. The van der Waals surface area contributed by atoms with Crippen molar-refractivity contribution in [3.05, 3.63) is 142 Å². The van der Waals surface area contributed by atoms with Crippen molar-refractivity contribution in [1.29, 1.82) is 0 Å². The Labute approximate surface area is 202 Å². The summed E-state index contributed by atoms with van der Waals surface area (Å²) in [7, 11) is 0. The van der Waals surface area contributed by atoms with Crippen LogP contribution in [0.15, 0.2) is 103 Å². The standard InChI is InChI=1S/C31H30N2O/c1-23-9-5-8-14-29(23)30(26-11-3-2-4-12-26)32-31(34)27-17-15-24(16-18-27)21-33-20-19-25-10-6-7-13-28(25)22-33/h2-18,30H,19-22H2,1H3,(H,32,34). The van der Waals surface area contributed by atoms with Crippen LogP contribution in [0.5, 0.6) is 0 Å². The van der Waals surface area contributed by atoms with Gasteiger partial charge in [-0.25, -0.2) is 0 Å². The van der Waals surface area contributed by atoms with E-state index in [0.29, 0.717) is 5.56 Å². The molecule has 1 atom stereocenters. The lowest BCUT2D eigenvalue weighted by Crippen LogP contribution is -2.30. The van der Waals surface area contributed by atoms with E-state index in [1.54, 1.807) is 0 Å². The molecule has 4 aromatic carbocycles. The minimum atomic E-state index is -0.192. The van der Waals surface area contributed by atoms with Gasteiger partial charge in [0.25, 0.3) is 5.91 Å². The summed E-state index contributed by atoms with van der Waals surface area (Å²) >= 11 is 0. The summed E-state index contributed by atoms with van der Waals surface area (Å²) in [6, 6.07) is 35.0. The molecule has 0 aliphatic carbocycles. The first-order valence-electron chi connectivity index (χ1n) is 12.0. The molecule has 5 rings (SSSR count). The number of fused-ring (bicyclic) bond motifs is 1. The normalized spacial score (nSPS) is 14.3. The van der Waals surface area contributed by atoms with E-state index in [2.05, 4.69) is 77.8 Å². The third-order valence-electron chi connectivity index (χ3n) is 6.74. The Morgan fingerprint density at radius 3 is 2.26 bits per heavy atom. The average molecular weight is 447 g/mol. The van der Waals surface area contributed by atoms with Crippen LogP contribution in [0.4, 0.5) is 0 Å². The number of carbonyl (C=O) groups is 1. The minimum Gasteiger partial charge on any atom is -0.341 e. The van der Waals surface area contributed by atoms with E-state index < -0.39 is 0 Å². The van der Waals surface area contributed by atoms with Crippen LogP contribution < -0.4 is 5.32 Å². The van der Waals surface area contributed by atoms with Crippen LogP contribution in [0.25, 0.3) is 0 Å². The topological polar surface area (TPSA) is 32.3 Å². The maximum atomic E-state index is 13.2. The Morgan fingerprint density at radius 2 is 1.50 bits per heavy atom. The van der Waals surface area contributed by atoms with Crippen molar-refractivity contribution in [3.8, 4) is 0 Å². The molecule has 3 heteroatoms. The summed E-state index contributed by atoms with van der Waals surface area (Å²) in [5, 5.41) is 3.27. The van der Waals surface area contributed by atoms with Crippen molar-refractivity contribution in [2.45, 2.75) is 32.5 Å². The molecule has 0 bridgehead atoms. The number of carbonyl (C=O) groups excluding carboxylic acids is 1. The first kappa shape index (κ1) is 22.1. The Kier molecular flexibility index (Phi) is 6.55. The van der Waals surface area contributed by atoms with Crippen molar-refractivity contribution in [2.75, 3.05) is 6.54 Å². The van der Waals surface area contributed by atoms with Gasteiger partial charge < -0.3 is 5.32 Å². The number of benzene rings is 4. The van der Waals surface area contributed by atoms with Gasteiger partial charge in [-0.15, -0.1) is 0 Å². The van der Waals surface area contributed by atoms with Gasteiger partial charge in [-0.05, 0) is 58.9 Å².